The van der Waals surface area contributed by atoms with E-state index in [1.165, 1.54) is 0 Å². The first kappa shape index (κ1) is 14.9. The molecule has 1 unspecified atom stereocenters. The smallest absolute Gasteiger partial charge is 0.231 e. The summed E-state index contributed by atoms with van der Waals surface area (Å²) in [6, 6.07) is 0. The third-order valence-electron chi connectivity index (χ3n) is 3.01. The topological polar surface area (TPSA) is 84.7 Å². The molecule has 0 spiro atoms. The summed E-state index contributed by atoms with van der Waals surface area (Å²) in [5.74, 6) is -0.337. The van der Waals surface area contributed by atoms with Crippen molar-refractivity contribution in [2.75, 3.05) is 39.4 Å². The fourth-order valence-corrected chi connectivity index (χ4v) is 2.17. The lowest BCUT2D eigenvalue weighted by Crippen LogP contribution is -2.46. The van der Waals surface area contributed by atoms with E-state index in [1.807, 2.05) is 11.8 Å². The van der Waals surface area contributed by atoms with E-state index in [4.69, 9.17) is 10.5 Å². The van der Waals surface area contributed by atoms with Gasteiger partial charge in [-0.25, -0.2) is 0 Å². The fourth-order valence-electron chi connectivity index (χ4n) is 2.17. The maximum atomic E-state index is 11.9. The van der Waals surface area contributed by atoms with Crippen LogP contribution in [0.1, 0.15) is 19.8 Å². The molecule has 0 bridgehead atoms. The predicted molar refractivity (Wildman–Crippen MR) is 67.9 cm³/mol. The van der Waals surface area contributed by atoms with Crippen LogP contribution in [0.5, 0.6) is 0 Å². The zero-order valence-corrected chi connectivity index (χ0v) is 11.0. The minimum absolute atomic E-state index is 0.0419. The molecule has 6 nitrogen and oxygen atoms in total. The van der Waals surface area contributed by atoms with E-state index in [0.29, 0.717) is 26.3 Å². The predicted octanol–water partition coefficient (Wildman–Crippen LogP) is -0.664. The van der Waals surface area contributed by atoms with Crippen LogP contribution in [0.4, 0.5) is 0 Å². The number of primary amides is 1. The number of carbonyl (C=O) groups excluding carboxylic acids is 2. The van der Waals surface area contributed by atoms with Gasteiger partial charge in [0.1, 0.15) is 0 Å². The summed E-state index contributed by atoms with van der Waals surface area (Å²) in [4.78, 5) is 24.7. The van der Waals surface area contributed by atoms with Gasteiger partial charge in [-0.05, 0) is 26.3 Å². The molecule has 104 valence electrons. The van der Waals surface area contributed by atoms with Gasteiger partial charge in [-0.1, -0.05) is 0 Å². The summed E-state index contributed by atoms with van der Waals surface area (Å²) in [7, 11) is 0. The average Bonchev–Trinajstić information content (AvgIpc) is 2.34. The lowest BCUT2D eigenvalue weighted by Gasteiger charge is -2.30. The number of hydrogen-bond acceptors (Lipinski definition) is 4. The van der Waals surface area contributed by atoms with E-state index in [9.17, 15) is 9.59 Å². The van der Waals surface area contributed by atoms with Gasteiger partial charge in [0.2, 0.25) is 11.8 Å². The Balaban J connectivity index is 2.27. The molecule has 1 aliphatic heterocycles. The number of carbonyl (C=O) groups is 2. The molecule has 0 aromatic carbocycles. The molecule has 1 aliphatic rings. The highest BCUT2D eigenvalue weighted by atomic mass is 16.5. The summed E-state index contributed by atoms with van der Waals surface area (Å²) >= 11 is 0. The molecule has 1 heterocycles. The van der Waals surface area contributed by atoms with E-state index < -0.39 is 0 Å². The van der Waals surface area contributed by atoms with Gasteiger partial charge < -0.3 is 15.8 Å². The summed E-state index contributed by atoms with van der Waals surface area (Å²) < 4.78 is 5.16. The summed E-state index contributed by atoms with van der Waals surface area (Å²) in [5, 5.41) is 2.85. The first-order valence-corrected chi connectivity index (χ1v) is 6.49. The van der Waals surface area contributed by atoms with Crippen LogP contribution in [0.3, 0.4) is 0 Å². The number of ether oxygens (including phenoxy) is 1. The first-order chi connectivity index (χ1) is 8.63. The molecule has 18 heavy (non-hydrogen) atoms. The van der Waals surface area contributed by atoms with E-state index in [-0.39, 0.29) is 24.3 Å². The average molecular weight is 257 g/mol. The SMILES string of the molecule is CCOCCNC(=O)C1CCCN(CC(N)=O)C1. The molecule has 1 fully saturated rings. The number of nitrogens with zero attached hydrogens (tertiary/aromatic N) is 1. The number of hydrogen-bond donors (Lipinski definition) is 2. The van der Waals surface area contributed by atoms with Crippen molar-refractivity contribution < 1.29 is 14.3 Å². The molecule has 0 aromatic rings. The molecular formula is C12H23N3O3. The van der Waals surface area contributed by atoms with E-state index in [2.05, 4.69) is 5.32 Å². The Morgan fingerprint density at radius 3 is 2.94 bits per heavy atom. The van der Waals surface area contributed by atoms with Crippen molar-refractivity contribution in [2.45, 2.75) is 19.8 Å². The van der Waals surface area contributed by atoms with Crippen LogP contribution in [0, 0.1) is 5.92 Å². The normalized spacial score (nSPS) is 20.6. The maximum Gasteiger partial charge on any atom is 0.231 e. The van der Waals surface area contributed by atoms with Gasteiger partial charge in [-0.3, -0.25) is 14.5 Å². The van der Waals surface area contributed by atoms with Crippen LogP contribution in [0.2, 0.25) is 0 Å². The molecule has 1 rings (SSSR count). The van der Waals surface area contributed by atoms with Crippen LogP contribution in [-0.4, -0.2) is 56.1 Å². The zero-order valence-electron chi connectivity index (χ0n) is 11.0. The number of nitrogens with one attached hydrogen (secondary N) is 1. The Kier molecular flexibility index (Phi) is 6.67. The standard InChI is InChI=1S/C12H23N3O3/c1-2-18-7-5-14-12(17)10-4-3-6-15(8-10)9-11(13)16/h10H,2-9H2,1H3,(H2,13,16)(H,14,17). The Labute approximate surface area is 108 Å². The molecule has 1 atom stereocenters. The number of nitrogens with two attached hydrogens (primary N) is 1. The molecule has 6 heteroatoms. The largest absolute Gasteiger partial charge is 0.380 e. The van der Waals surface area contributed by atoms with Gasteiger partial charge in [0, 0.05) is 19.7 Å². The van der Waals surface area contributed by atoms with Gasteiger partial charge in [0.15, 0.2) is 0 Å². The van der Waals surface area contributed by atoms with Crippen LogP contribution in [-0.2, 0) is 14.3 Å². The fraction of sp³-hybridized carbons (Fsp3) is 0.833. The molecule has 0 saturated carbocycles. The van der Waals surface area contributed by atoms with Crippen LogP contribution in [0.25, 0.3) is 0 Å². The third-order valence-corrected chi connectivity index (χ3v) is 3.01. The maximum absolute atomic E-state index is 11.9. The lowest BCUT2D eigenvalue weighted by atomic mass is 9.97. The van der Waals surface area contributed by atoms with E-state index in [1.54, 1.807) is 0 Å². The molecule has 0 aliphatic carbocycles. The Morgan fingerprint density at radius 1 is 1.50 bits per heavy atom. The van der Waals surface area contributed by atoms with Crippen LogP contribution in [0.15, 0.2) is 0 Å². The molecule has 1 saturated heterocycles. The minimum Gasteiger partial charge on any atom is -0.380 e. The minimum atomic E-state index is -0.340. The molecule has 3 N–H and O–H groups in total. The lowest BCUT2D eigenvalue weighted by molar-refractivity contribution is -0.128. The van der Waals surface area contributed by atoms with Crippen molar-refractivity contribution >= 4 is 11.8 Å². The Hall–Kier alpha value is -1.14. The molecular weight excluding hydrogens is 234 g/mol. The number of likely N-dealkylation sites (tertiary alicyclic amines) is 1. The number of amides is 2. The second-order valence-corrected chi connectivity index (χ2v) is 4.53. The quantitative estimate of drug-likeness (QED) is 0.593. The zero-order chi connectivity index (χ0) is 13.4. The second kappa shape index (κ2) is 8.05. The summed E-state index contributed by atoms with van der Waals surface area (Å²) in [6.45, 7) is 5.35. The first-order valence-electron chi connectivity index (χ1n) is 6.49. The highest BCUT2D eigenvalue weighted by Crippen LogP contribution is 2.16. The van der Waals surface area contributed by atoms with Gasteiger partial charge in [0.25, 0.3) is 0 Å². The summed E-state index contributed by atoms with van der Waals surface area (Å²) in [6.07, 6.45) is 1.80. The highest BCUT2D eigenvalue weighted by Gasteiger charge is 2.25. The van der Waals surface area contributed by atoms with Crippen molar-refractivity contribution in [2.24, 2.45) is 11.7 Å². The molecule has 2 amide bonds. The van der Waals surface area contributed by atoms with Crippen molar-refractivity contribution in [1.29, 1.82) is 0 Å². The van der Waals surface area contributed by atoms with Crippen LogP contribution >= 0.6 is 0 Å². The van der Waals surface area contributed by atoms with Crippen molar-refractivity contribution in [3.05, 3.63) is 0 Å². The summed E-state index contributed by atoms with van der Waals surface area (Å²) in [5.41, 5.74) is 5.16. The van der Waals surface area contributed by atoms with Gasteiger partial charge in [-0.2, -0.15) is 0 Å². The van der Waals surface area contributed by atoms with Gasteiger partial charge in [0.05, 0.1) is 19.1 Å². The van der Waals surface area contributed by atoms with Crippen molar-refractivity contribution in [3.8, 4) is 0 Å². The van der Waals surface area contributed by atoms with Crippen molar-refractivity contribution in [3.63, 3.8) is 0 Å². The second-order valence-electron chi connectivity index (χ2n) is 4.53. The number of rotatable bonds is 7. The molecule has 0 radical (unpaired) electrons. The van der Waals surface area contributed by atoms with E-state index in [0.717, 1.165) is 19.4 Å². The molecule has 0 aromatic heterocycles. The third kappa shape index (κ3) is 5.46. The van der Waals surface area contributed by atoms with Gasteiger partial charge in [-0.15, -0.1) is 0 Å². The monoisotopic (exact) mass is 257 g/mol. The Bertz CT molecular complexity index is 284. The van der Waals surface area contributed by atoms with Crippen LogP contribution < -0.4 is 11.1 Å². The number of piperidine rings is 1. The van der Waals surface area contributed by atoms with Crippen molar-refractivity contribution in [1.82, 2.24) is 10.2 Å². The highest BCUT2D eigenvalue weighted by molar-refractivity contribution is 5.79. The van der Waals surface area contributed by atoms with E-state index >= 15 is 0 Å². The van der Waals surface area contributed by atoms with Gasteiger partial charge >= 0.3 is 0 Å². The Morgan fingerprint density at radius 2 is 2.28 bits per heavy atom.